The molecule has 1 amide bonds. The maximum atomic E-state index is 13.6. The first-order valence-corrected chi connectivity index (χ1v) is 18.7. The van der Waals surface area contributed by atoms with Crippen molar-refractivity contribution in [2.45, 2.75) is 103 Å². The third-order valence-corrected chi connectivity index (χ3v) is 14.5. The summed E-state index contributed by atoms with van der Waals surface area (Å²) in [4.78, 5) is 18.2. The van der Waals surface area contributed by atoms with Gasteiger partial charge in [0.05, 0.1) is 18.2 Å². The smallest absolute Gasteiger partial charge is 0.222 e. The molecule has 1 heterocycles. The fourth-order valence-corrected chi connectivity index (χ4v) is 12.0. The van der Waals surface area contributed by atoms with E-state index in [0.29, 0.717) is 47.8 Å². The van der Waals surface area contributed by atoms with E-state index in [1.807, 2.05) is 0 Å². The SMILES string of the molecule is C[C@H](CCC(=O)N1CCN(C(c2ccccc2)c2ccccc2)CC1)[C@@H]1CC[C@@H]2[C@H]3[C@@H](CC[C@@]21C)[C@@]1(C)CC[C@@H](O)C[C@@H]1C[C@@H]3O. The number of rotatable bonds is 7. The van der Waals surface area contributed by atoms with Crippen LogP contribution < -0.4 is 0 Å². The number of aliphatic hydroxyl groups excluding tert-OH is 2. The van der Waals surface area contributed by atoms with E-state index < -0.39 is 0 Å². The van der Waals surface area contributed by atoms with Crippen molar-refractivity contribution >= 4 is 5.91 Å². The minimum absolute atomic E-state index is 0.181. The second-order valence-electron chi connectivity index (χ2n) is 16.6. The molecule has 10 atom stereocenters. The van der Waals surface area contributed by atoms with Crippen LogP contribution in [0, 0.1) is 46.3 Å². The van der Waals surface area contributed by atoms with Crippen molar-refractivity contribution < 1.29 is 15.0 Å². The number of aliphatic hydroxyl groups is 2. The van der Waals surface area contributed by atoms with Gasteiger partial charge in [-0.3, -0.25) is 9.69 Å². The van der Waals surface area contributed by atoms with Gasteiger partial charge in [0.15, 0.2) is 0 Å². The van der Waals surface area contributed by atoms with Gasteiger partial charge < -0.3 is 15.1 Å². The summed E-state index contributed by atoms with van der Waals surface area (Å²) in [5, 5.41) is 22.0. The Morgan fingerprint density at radius 1 is 0.804 bits per heavy atom. The molecule has 5 fully saturated rings. The lowest BCUT2D eigenvalue weighted by Crippen LogP contribution is -2.58. The molecule has 7 rings (SSSR count). The highest BCUT2D eigenvalue weighted by Crippen LogP contribution is 2.68. The summed E-state index contributed by atoms with van der Waals surface area (Å²) in [6.07, 6.45) is 9.95. The third-order valence-electron chi connectivity index (χ3n) is 14.5. The summed E-state index contributed by atoms with van der Waals surface area (Å²) >= 11 is 0. The van der Waals surface area contributed by atoms with Crippen LogP contribution in [0.4, 0.5) is 0 Å². The van der Waals surface area contributed by atoms with Crippen molar-refractivity contribution in [3.63, 3.8) is 0 Å². The van der Waals surface area contributed by atoms with Gasteiger partial charge in [0.1, 0.15) is 0 Å². The van der Waals surface area contributed by atoms with Crippen LogP contribution in [-0.4, -0.2) is 64.3 Å². The molecule has 4 aliphatic carbocycles. The first-order valence-electron chi connectivity index (χ1n) is 18.7. The molecule has 1 saturated heterocycles. The Balaban J connectivity index is 0.952. The number of hydrogen-bond acceptors (Lipinski definition) is 4. The molecule has 2 aromatic carbocycles. The van der Waals surface area contributed by atoms with Crippen LogP contribution in [0.1, 0.15) is 102 Å². The van der Waals surface area contributed by atoms with Crippen molar-refractivity contribution in [2.24, 2.45) is 46.3 Å². The molecule has 0 radical (unpaired) electrons. The Morgan fingerprint density at radius 3 is 2.07 bits per heavy atom. The molecule has 0 aromatic heterocycles. The molecule has 4 saturated carbocycles. The molecule has 0 bridgehead atoms. The number of carbonyl (C=O) groups is 1. The molecule has 5 nitrogen and oxygen atoms in total. The standard InChI is InChI=1S/C41H58N2O3/c1-28(33-15-16-34-38-35(19-21-41(33,34)3)40(2)20-18-32(44)26-31(40)27-36(38)45)14-17-37(46)42-22-24-43(25-23-42)39(29-10-6-4-7-11-29)30-12-8-5-9-13-30/h4-13,28,31-36,38-39,44-45H,14-27H2,1-3H3/t28-,31-,32-,33+,34-,35-,36+,38+,40+,41-/m1/s1. The van der Waals surface area contributed by atoms with E-state index in [0.717, 1.165) is 58.3 Å². The van der Waals surface area contributed by atoms with E-state index in [4.69, 9.17) is 0 Å². The van der Waals surface area contributed by atoms with Gasteiger partial charge >= 0.3 is 0 Å². The number of amides is 1. The van der Waals surface area contributed by atoms with Gasteiger partial charge in [-0.15, -0.1) is 0 Å². The highest BCUT2D eigenvalue weighted by atomic mass is 16.3. The molecule has 2 N–H and O–H groups in total. The Morgan fingerprint density at radius 2 is 1.41 bits per heavy atom. The largest absolute Gasteiger partial charge is 0.393 e. The van der Waals surface area contributed by atoms with E-state index in [1.54, 1.807) is 0 Å². The minimum Gasteiger partial charge on any atom is -0.393 e. The lowest BCUT2D eigenvalue weighted by molar-refractivity contribution is -0.174. The number of benzene rings is 2. The van der Waals surface area contributed by atoms with Gasteiger partial charge in [-0.2, -0.15) is 0 Å². The maximum absolute atomic E-state index is 13.6. The second kappa shape index (κ2) is 13.0. The zero-order valence-electron chi connectivity index (χ0n) is 28.6. The van der Waals surface area contributed by atoms with Crippen molar-refractivity contribution in [1.82, 2.24) is 9.80 Å². The van der Waals surface area contributed by atoms with Crippen molar-refractivity contribution in [3.8, 4) is 0 Å². The monoisotopic (exact) mass is 626 g/mol. The third kappa shape index (κ3) is 5.77. The van der Waals surface area contributed by atoms with Crippen LogP contribution in [0.5, 0.6) is 0 Å². The van der Waals surface area contributed by atoms with E-state index in [-0.39, 0.29) is 29.1 Å². The summed E-state index contributed by atoms with van der Waals surface area (Å²) < 4.78 is 0. The summed E-state index contributed by atoms with van der Waals surface area (Å²) in [6, 6.07) is 21.8. The molecular formula is C41H58N2O3. The molecule has 1 aliphatic heterocycles. The van der Waals surface area contributed by atoms with E-state index >= 15 is 0 Å². The number of carbonyl (C=O) groups excluding carboxylic acids is 1. The average molecular weight is 627 g/mol. The minimum atomic E-state index is -0.226. The Hall–Kier alpha value is -2.21. The maximum Gasteiger partial charge on any atom is 0.222 e. The second-order valence-corrected chi connectivity index (χ2v) is 16.6. The predicted molar refractivity (Wildman–Crippen MR) is 184 cm³/mol. The fourth-order valence-electron chi connectivity index (χ4n) is 12.0. The Kier molecular flexibility index (Phi) is 9.15. The normalized spacial score (nSPS) is 38.6. The number of piperazine rings is 1. The van der Waals surface area contributed by atoms with Crippen molar-refractivity contribution in [3.05, 3.63) is 71.8 Å². The Labute approximate surface area is 277 Å². The van der Waals surface area contributed by atoms with Crippen LogP contribution in [0.2, 0.25) is 0 Å². The highest BCUT2D eigenvalue weighted by Gasteiger charge is 2.62. The summed E-state index contributed by atoms with van der Waals surface area (Å²) in [5.74, 6) is 3.52. The van der Waals surface area contributed by atoms with Gasteiger partial charge in [-0.1, -0.05) is 81.4 Å². The lowest BCUT2D eigenvalue weighted by Gasteiger charge is -2.62. The average Bonchev–Trinajstić information content (AvgIpc) is 3.43. The number of hydrogen-bond donors (Lipinski definition) is 2. The van der Waals surface area contributed by atoms with E-state index in [9.17, 15) is 15.0 Å². The Bertz CT molecular complexity index is 1290. The first kappa shape index (κ1) is 32.3. The lowest BCUT2D eigenvalue weighted by atomic mass is 9.43. The summed E-state index contributed by atoms with van der Waals surface area (Å²) in [5.41, 5.74) is 3.16. The molecule has 5 heteroatoms. The molecule has 5 aliphatic rings. The van der Waals surface area contributed by atoms with Crippen molar-refractivity contribution in [1.29, 1.82) is 0 Å². The predicted octanol–water partition coefficient (Wildman–Crippen LogP) is 7.33. The first-order chi connectivity index (χ1) is 22.2. The van der Waals surface area contributed by atoms with Crippen LogP contribution in [0.3, 0.4) is 0 Å². The fraction of sp³-hybridized carbons (Fsp3) is 0.683. The van der Waals surface area contributed by atoms with Crippen LogP contribution >= 0.6 is 0 Å². The number of nitrogens with zero attached hydrogens (tertiary/aromatic N) is 2. The highest BCUT2D eigenvalue weighted by molar-refractivity contribution is 5.76. The molecule has 46 heavy (non-hydrogen) atoms. The zero-order valence-corrected chi connectivity index (χ0v) is 28.6. The van der Waals surface area contributed by atoms with Gasteiger partial charge in [0.25, 0.3) is 0 Å². The van der Waals surface area contributed by atoms with Gasteiger partial charge in [-0.25, -0.2) is 0 Å². The number of fused-ring (bicyclic) bond motifs is 5. The summed E-state index contributed by atoms with van der Waals surface area (Å²) in [7, 11) is 0. The quantitative estimate of drug-likeness (QED) is 0.338. The molecule has 2 aromatic rings. The zero-order chi connectivity index (χ0) is 32.1. The van der Waals surface area contributed by atoms with E-state index in [2.05, 4.69) is 91.2 Å². The molecular weight excluding hydrogens is 568 g/mol. The van der Waals surface area contributed by atoms with Crippen LogP contribution in [-0.2, 0) is 4.79 Å². The van der Waals surface area contributed by atoms with Gasteiger partial charge in [0, 0.05) is 32.6 Å². The van der Waals surface area contributed by atoms with Crippen LogP contribution in [0.15, 0.2) is 60.7 Å². The van der Waals surface area contributed by atoms with Gasteiger partial charge in [-0.05, 0) is 115 Å². The molecule has 0 unspecified atom stereocenters. The van der Waals surface area contributed by atoms with Crippen LogP contribution in [0.25, 0.3) is 0 Å². The molecule has 0 spiro atoms. The summed E-state index contributed by atoms with van der Waals surface area (Å²) in [6.45, 7) is 10.8. The van der Waals surface area contributed by atoms with E-state index in [1.165, 1.54) is 36.8 Å². The molecule has 250 valence electrons. The van der Waals surface area contributed by atoms with Gasteiger partial charge in [0.2, 0.25) is 5.91 Å². The van der Waals surface area contributed by atoms with Crippen molar-refractivity contribution in [2.75, 3.05) is 26.2 Å². The topological polar surface area (TPSA) is 64.0 Å².